The second kappa shape index (κ2) is 8.55. The van der Waals surface area contributed by atoms with Gasteiger partial charge in [-0.25, -0.2) is 4.98 Å². The van der Waals surface area contributed by atoms with Crippen LogP contribution in [0.15, 0.2) is 71.4 Å². The summed E-state index contributed by atoms with van der Waals surface area (Å²) in [6.07, 6.45) is 4.48. The van der Waals surface area contributed by atoms with Crippen LogP contribution in [0, 0.1) is 0 Å². The summed E-state index contributed by atoms with van der Waals surface area (Å²) in [6, 6.07) is 19.7. The number of carbonyl (C=O) groups excluding carboxylic acids is 1. The van der Waals surface area contributed by atoms with Crippen molar-refractivity contribution < 1.29 is 9.32 Å². The molecule has 0 spiro atoms. The third-order valence-electron chi connectivity index (χ3n) is 5.62. The van der Waals surface area contributed by atoms with E-state index in [9.17, 15) is 4.79 Å². The molecular formula is C24H23N5O2. The Bertz CT molecular complexity index is 1150. The van der Waals surface area contributed by atoms with E-state index in [1.807, 2.05) is 71.8 Å². The number of imidazole rings is 1. The predicted octanol–water partition coefficient (Wildman–Crippen LogP) is 4.42. The number of hydrogen-bond donors (Lipinski definition) is 1. The van der Waals surface area contributed by atoms with Crippen molar-refractivity contribution in [2.45, 2.75) is 31.7 Å². The van der Waals surface area contributed by atoms with Gasteiger partial charge in [-0.1, -0.05) is 65.8 Å². The van der Waals surface area contributed by atoms with Crippen LogP contribution in [0.25, 0.3) is 22.6 Å². The van der Waals surface area contributed by atoms with Crippen LogP contribution in [0.1, 0.15) is 37.0 Å². The molecule has 1 aliphatic rings. The summed E-state index contributed by atoms with van der Waals surface area (Å²) in [7, 11) is 0. The summed E-state index contributed by atoms with van der Waals surface area (Å²) in [6.45, 7) is 0.740. The van der Waals surface area contributed by atoms with E-state index in [-0.39, 0.29) is 11.9 Å². The maximum Gasteiger partial charge on any atom is 0.227 e. The standard InChI is InChI=1S/C24H23N5O2/c30-22(14-13-21-27-23(28-31-21)18-10-5-2-6-11-18)29-15-7-12-20(29)24-25-16-19(26-24)17-8-3-1-4-9-17/h1-6,8-11,16,20H,7,12-15H2,(H,25,26)/t20-/m0/s1. The van der Waals surface area contributed by atoms with Gasteiger partial charge in [-0.3, -0.25) is 4.79 Å². The molecule has 7 heteroatoms. The second-order valence-corrected chi connectivity index (χ2v) is 7.67. The SMILES string of the molecule is O=C(CCc1nc(-c2ccccc2)no1)N1CCC[C@H]1c1ncc(-c2ccccc2)[nH]1. The first-order valence-corrected chi connectivity index (χ1v) is 10.6. The highest BCUT2D eigenvalue weighted by atomic mass is 16.5. The van der Waals surface area contributed by atoms with Crippen LogP contribution in [0.5, 0.6) is 0 Å². The second-order valence-electron chi connectivity index (χ2n) is 7.67. The van der Waals surface area contributed by atoms with Crippen molar-refractivity contribution in [3.05, 3.63) is 78.6 Å². The van der Waals surface area contributed by atoms with Crippen LogP contribution >= 0.6 is 0 Å². The van der Waals surface area contributed by atoms with Gasteiger partial charge < -0.3 is 14.4 Å². The van der Waals surface area contributed by atoms with Gasteiger partial charge in [-0.15, -0.1) is 0 Å². The molecule has 1 saturated heterocycles. The first-order valence-electron chi connectivity index (χ1n) is 10.6. The van der Waals surface area contributed by atoms with Crippen molar-refractivity contribution in [2.75, 3.05) is 6.54 Å². The monoisotopic (exact) mass is 413 g/mol. The molecule has 0 bridgehead atoms. The molecule has 156 valence electrons. The van der Waals surface area contributed by atoms with Crippen LogP contribution < -0.4 is 0 Å². The van der Waals surface area contributed by atoms with E-state index in [4.69, 9.17) is 4.52 Å². The van der Waals surface area contributed by atoms with Gasteiger partial charge in [0.15, 0.2) is 0 Å². The van der Waals surface area contributed by atoms with E-state index in [1.54, 1.807) is 0 Å². The molecule has 0 unspecified atom stereocenters. The molecule has 0 radical (unpaired) electrons. The zero-order valence-corrected chi connectivity index (χ0v) is 17.1. The Morgan fingerprint density at radius 2 is 1.81 bits per heavy atom. The lowest BCUT2D eigenvalue weighted by atomic mass is 10.2. The lowest BCUT2D eigenvalue weighted by Gasteiger charge is -2.23. The zero-order valence-electron chi connectivity index (χ0n) is 17.1. The van der Waals surface area contributed by atoms with Gasteiger partial charge >= 0.3 is 0 Å². The van der Waals surface area contributed by atoms with Gasteiger partial charge in [0.05, 0.1) is 17.9 Å². The van der Waals surface area contributed by atoms with Gasteiger partial charge in [0.2, 0.25) is 17.6 Å². The van der Waals surface area contributed by atoms with Crippen LogP contribution in [0.2, 0.25) is 0 Å². The summed E-state index contributed by atoms with van der Waals surface area (Å²) in [5, 5.41) is 4.03. The number of rotatable bonds is 6. The number of H-pyrrole nitrogens is 1. The fraction of sp³-hybridized carbons (Fsp3) is 0.250. The Kier molecular flexibility index (Phi) is 5.31. The lowest BCUT2D eigenvalue weighted by Crippen LogP contribution is -2.31. The van der Waals surface area contributed by atoms with Gasteiger partial charge in [0.25, 0.3) is 0 Å². The van der Waals surface area contributed by atoms with E-state index in [0.717, 1.165) is 42.0 Å². The average molecular weight is 413 g/mol. The summed E-state index contributed by atoms with van der Waals surface area (Å²) in [5.41, 5.74) is 2.95. The maximum absolute atomic E-state index is 13.0. The number of likely N-dealkylation sites (tertiary alicyclic amines) is 1. The van der Waals surface area contributed by atoms with Crippen LogP contribution in [0.4, 0.5) is 0 Å². The quantitative estimate of drug-likeness (QED) is 0.505. The third-order valence-corrected chi connectivity index (χ3v) is 5.62. The molecule has 4 aromatic rings. The molecule has 2 aromatic heterocycles. The Labute approximate surface area is 180 Å². The van der Waals surface area contributed by atoms with Crippen molar-refractivity contribution in [1.82, 2.24) is 25.0 Å². The average Bonchev–Trinajstić information content (AvgIpc) is 3.59. The molecule has 7 nitrogen and oxygen atoms in total. The van der Waals surface area contributed by atoms with E-state index in [2.05, 4.69) is 20.1 Å². The first-order chi connectivity index (χ1) is 15.3. The van der Waals surface area contributed by atoms with E-state index >= 15 is 0 Å². The van der Waals surface area contributed by atoms with E-state index in [0.29, 0.717) is 24.6 Å². The number of nitrogens with zero attached hydrogens (tertiary/aromatic N) is 4. The Morgan fingerprint density at radius 1 is 1.06 bits per heavy atom. The maximum atomic E-state index is 13.0. The normalized spacial score (nSPS) is 16.0. The van der Waals surface area contributed by atoms with Crippen LogP contribution in [0.3, 0.4) is 0 Å². The summed E-state index contributed by atoms with van der Waals surface area (Å²) < 4.78 is 5.35. The molecule has 31 heavy (non-hydrogen) atoms. The van der Waals surface area contributed by atoms with Gasteiger partial charge in [0, 0.05) is 24.9 Å². The van der Waals surface area contributed by atoms with E-state index < -0.39 is 0 Å². The smallest absolute Gasteiger partial charge is 0.227 e. The van der Waals surface area contributed by atoms with Gasteiger partial charge in [-0.05, 0) is 18.4 Å². The topological polar surface area (TPSA) is 87.9 Å². The summed E-state index contributed by atoms with van der Waals surface area (Å²) >= 11 is 0. The van der Waals surface area contributed by atoms with Gasteiger partial charge in [-0.2, -0.15) is 4.98 Å². The van der Waals surface area contributed by atoms with Gasteiger partial charge in [0.1, 0.15) is 5.82 Å². The molecule has 5 rings (SSSR count). The number of aromatic amines is 1. The van der Waals surface area contributed by atoms with Crippen molar-refractivity contribution in [2.24, 2.45) is 0 Å². The highest BCUT2D eigenvalue weighted by Gasteiger charge is 2.32. The fourth-order valence-electron chi connectivity index (χ4n) is 4.04. The Balaban J connectivity index is 1.24. The molecule has 1 atom stereocenters. The molecule has 3 heterocycles. The number of hydrogen-bond acceptors (Lipinski definition) is 5. The Morgan fingerprint density at radius 3 is 2.58 bits per heavy atom. The molecule has 0 aliphatic carbocycles. The van der Waals surface area contributed by atoms with Crippen molar-refractivity contribution in [1.29, 1.82) is 0 Å². The number of aryl methyl sites for hydroxylation is 1. The molecule has 1 N–H and O–H groups in total. The minimum absolute atomic E-state index is 0.0208. The summed E-state index contributed by atoms with van der Waals surface area (Å²) in [4.78, 5) is 27.3. The number of amides is 1. The minimum atomic E-state index is -0.0208. The molecular weight excluding hydrogens is 390 g/mol. The highest BCUT2D eigenvalue weighted by Crippen LogP contribution is 2.32. The third kappa shape index (κ3) is 4.12. The minimum Gasteiger partial charge on any atom is -0.340 e. The number of aromatic nitrogens is 4. The number of benzene rings is 2. The first kappa shape index (κ1) is 19.2. The molecule has 0 saturated carbocycles. The highest BCUT2D eigenvalue weighted by molar-refractivity contribution is 5.77. The largest absolute Gasteiger partial charge is 0.340 e. The molecule has 1 amide bonds. The molecule has 1 fully saturated rings. The van der Waals surface area contributed by atoms with Crippen molar-refractivity contribution in [3.8, 4) is 22.6 Å². The predicted molar refractivity (Wildman–Crippen MR) is 116 cm³/mol. The molecule has 2 aromatic carbocycles. The van der Waals surface area contributed by atoms with Crippen LogP contribution in [-0.4, -0.2) is 37.5 Å². The summed E-state index contributed by atoms with van der Waals surface area (Å²) in [5.74, 6) is 1.95. The Hall–Kier alpha value is -3.74. The zero-order chi connectivity index (χ0) is 21.0. The number of nitrogens with one attached hydrogen (secondary N) is 1. The number of carbonyl (C=O) groups is 1. The molecule has 1 aliphatic heterocycles. The van der Waals surface area contributed by atoms with Crippen molar-refractivity contribution in [3.63, 3.8) is 0 Å². The van der Waals surface area contributed by atoms with Crippen molar-refractivity contribution >= 4 is 5.91 Å². The lowest BCUT2D eigenvalue weighted by molar-refractivity contribution is -0.132. The van der Waals surface area contributed by atoms with Crippen LogP contribution in [-0.2, 0) is 11.2 Å². The fourth-order valence-corrected chi connectivity index (χ4v) is 4.04. The van der Waals surface area contributed by atoms with E-state index in [1.165, 1.54) is 0 Å².